The highest BCUT2D eigenvalue weighted by Gasteiger charge is 2.25. The third-order valence-corrected chi connectivity index (χ3v) is 5.12. The number of pyridine rings is 1. The molecule has 25 heavy (non-hydrogen) atoms. The van der Waals surface area contributed by atoms with E-state index in [4.69, 9.17) is 9.47 Å². The number of ether oxygens (including phenoxy) is 2. The first-order chi connectivity index (χ1) is 12.2. The molecule has 4 rings (SSSR count). The number of rotatable bonds is 5. The van der Waals surface area contributed by atoms with E-state index in [1.807, 2.05) is 7.05 Å². The first kappa shape index (κ1) is 16.5. The number of nitrogens with zero attached hydrogens (tertiary/aromatic N) is 4. The lowest BCUT2D eigenvalue weighted by molar-refractivity contribution is -0.169. The lowest BCUT2D eigenvalue weighted by Crippen LogP contribution is -2.22. The second-order valence-electron chi connectivity index (χ2n) is 6.84. The van der Waals surface area contributed by atoms with Crippen molar-refractivity contribution in [3.63, 3.8) is 0 Å². The molecular weight excluding hydrogens is 320 g/mol. The van der Waals surface area contributed by atoms with Crippen LogP contribution in [0.3, 0.4) is 0 Å². The van der Waals surface area contributed by atoms with E-state index in [1.165, 1.54) is 6.42 Å². The second kappa shape index (κ2) is 7.09. The summed E-state index contributed by atoms with van der Waals surface area (Å²) < 4.78 is 13.3. The molecule has 7 nitrogen and oxygen atoms in total. The van der Waals surface area contributed by atoms with Gasteiger partial charge in [-0.2, -0.15) is 0 Å². The minimum atomic E-state index is -0.158. The van der Waals surface area contributed by atoms with Crippen LogP contribution in [0.4, 0.5) is 0 Å². The molecule has 1 saturated heterocycles. The van der Waals surface area contributed by atoms with Crippen LogP contribution >= 0.6 is 0 Å². The molecular formula is C18H24N4O3. The van der Waals surface area contributed by atoms with Gasteiger partial charge in [0.15, 0.2) is 6.29 Å². The first-order valence-corrected chi connectivity index (χ1v) is 9.04. The van der Waals surface area contributed by atoms with E-state index in [9.17, 15) is 5.11 Å². The average Bonchev–Trinajstić information content (AvgIpc) is 2.95. The van der Waals surface area contributed by atoms with E-state index >= 15 is 0 Å². The molecule has 1 saturated carbocycles. The van der Waals surface area contributed by atoms with Gasteiger partial charge in [-0.3, -0.25) is 0 Å². The zero-order valence-corrected chi connectivity index (χ0v) is 14.5. The molecule has 2 aromatic rings. The normalized spacial score (nSPS) is 21.2. The SMILES string of the molecule is Cn1nnc(-c2ccc(O)c(C3CCC3)n2)c1COC1CCCCO1. The fraction of sp³-hybridized carbons (Fsp3) is 0.611. The van der Waals surface area contributed by atoms with E-state index in [0.717, 1.165) is 55.8 Å². The van der Waals surface area contributed by atoms with Gasteiger partial charge in [-0.05, 0) is 44.2 Å². The summed E-state index contributed by atoms with van der Waals surface area (Å²) in [4.78, 5) is 4.68. The van der Waals surface area contributed by atoms with Gasteiger partial charge in [0.2, 0.25) is 0 Å². The van der Waals surface area contributed by atoms with Crippen molar-refractivity contribution in [1.82, 2.24) is 20.0 Å². The standard InChI is InChI=1S/C18H24N4O3/c1-22-14(11-25-16-7-2-3-10-24-16)18(20-21-22)13-8-9-15(23)17(19-13)12-5-4-6-12/h8-9,12,16,23H,2-7,10-11H2,1H3. The first-order valence-electron chi connectivity index (χ1n) is 9.04. The number of hydrogen-bond donors (Lipinski definition) is 1. The van der Waals surface area contributed by atoms with Gasteiger partial charge in [-0.25, -0.2) is 9.67 Å². The highest BCUT2D eigenvalue weighted by Crippen LogP contribution is 2.40. The smallest absolute Gasteiger partial charge is 0.158 e. The van der Waals surface area contributed by atoms with Crippen molar-refractivity contribution >= 4 is 0 Å². The maximum absolute atomic E-state index is 10.1. The van der Waals surface area contributed by atoms with Crippen molar-refractivity contribution in [3.8, 4) is 17.1 Å². The van der Waals surface area contributed by atoms with Crippen LogP contribution in [0.1, 0.15) is 55.8 Å². The van der Waals surface area contributed by atoms with Crippen molar-refractivity contribution < 1.29 is 14.6 Å². The van der Waals surface area contributed by atoms with Gasteiger partial charge < -0.3 is 14.6 Å². The van der Waals surface area contributed by atoms with Gasteiger partial charge in [0.1, 0.15) is 11.4 Å². The van der Waals surface area contributed by atoms with E-state index in [2.05, 4.69) is 15.3 Å². The summed E-state index contributed by atoms with van der Waals surface area (Å²) >= 11 is 0. The Balaban J connectivity index is 1.56. The van der Waals surface area contributed by atoms with Crippen molar-refractivity contribution in [2.75, 3.05) is 6.61 Å². The molecule has 1 atom stereocenters. The molecule has 3 heterocycles. The molecule has 1 N–H and O–H groups in total. The Morgan fingerprint density at radius 1 is 1.24 bits per heavy atom. The number of aryl methyl sites for hydroxylation is 1. The molecule has 134 valence electrons. The van der Waals surface area contributed by atoms with Crippen molar-refractivity contribution in [1.29, 1.82) is 0 Å². The van der Waals surface area contributed by atoms with Gasteiger partial charge in [-0.15, -0.1) is 5.10 Å². The molecule has 0 radical (unpaired) electrons. The number of hydrogen-bond acceptors (Lipinski definition) is 6. The fourth-order valence-electron chi connectivity index (χ4n) is 3.33. The molecule has 0 amide bonds. The Kier molecular flexibility index (Phi) is 4.67. The number of aromatic hydroxyl groups is 1. The zero-order valence-electron chi connectivity index (χ0n) is 14.5. The summed E-state index contributed by atoms with van der Waals surface area (Å²) in [6, 6.07) is 3.50. The highest BCUT2D eigenvalue weighted by atomic mass is 16.7. The van der Waals surface area contributed by atoms with Crippen LogP contribution in [0.15, 0.2) is 12.1 Å². The predicted molar refractivity (Wildman–Crippen MR) is 90.9 cm³/mol. The predicted octanol–water partition coefficient (Wildman–Crippen LogP) is 2.89. The lowest BCUT2D eigenvalue weighted by atomic mass is 9.82. The average molecular weight is 344 g/mol. The summed E-state index contributed by atoms with van der Waals surface area (Å²) in [5.41, 5.74) is 3.08. The second-order valence-corrected chi connectivity index (χ2v) is 6.84. The third kappa shape index (κ3) is 3.39. The molecule has 0 spiro atoms. The summed E-state index contributed by atoms with van der Waals surface area (Å²) in [6.45, 7) is 1.14. The molecule has 1 aliphatic heterocycles. The van der Waals surface area contributed by atoms with Gasteiger partial charge >= 0.3 is 0 Å². The lowest BCUT2D eigenvalue weighted by Gasteiger charge is -2.25. The Labute approximate surface area is 147 Å². The van der Waals surface area contributed by atoms with Crippen LogP contribution in [0, 0.1) is 0 Å². The van der Waals surface area contributed by atoms with Gasteiger partial charge in [-0.1, -0.05) is 11.6 Å². The van der Waals surface area contributed by atoms with Crippen LogP contribution in [-0.2, 0) is 23.1 Å². The van der Waals surface area contributed by atoms with E-state index in [1.54, 1.807) is 16.8 Å². The molecule has 2 aliphatic rings. The Bertz CT molecular complexity index is 736. The largest absolute Gasteiger partial charge is 0.506 e. The summed E-state index contributed by atoms with van der Waals surface area (Å²) in [6.07, 6.45) is 6.35. The van der Waals surface area contributed by atoms with E-state index < -0.39 is 0 Å². The van der Waals surface area contributed by atoms with Crippen LogP contribution in [-0.4, -0.2) is 38.0 Å². The topological polar surface area (TPSA) is 82.3 Å². The molecule has 0 bridgehead atoms. The Hall–Kier alpha value is -1.99. The highest BCUT2D eigenvalue weighted by molar-refractivity contribution is 5.58. The molecule has 1 unspecified atom stereocenters. The monoisotopic (exact) mass is 344 g/mol. The van der Waals surface area contributed by atoms with E-state index in [0.29, 0.717) is 18.2 Å². The summed E-state index contributed by atoms with van der Waals surface area (Å²) in [5.74, 6) is 0.623. The van der Waals surface area contributed by atoms with Crippen molar-refractivity contribution in [2.24, 2.45) is 7.05 Å². The van der Waals surface area contributed by atoms with Crippen LogP contribution < -0.4 is 0 Å². The Morgan fingerprint density at radius 2 is 2.12 bits per heavy atom. The fourth-order valence-corrected chi connectivity index (χ4v) is 3.33. The van der Waals surface area contributed by atoms with Crippen LogP contribution in [0.5, 0.6) is 5.75 Å². The molecule has 0 aromatic carbocycles. The van der Waals surface area contributed by atoms with Crippen molar-refractivity contribution in [2.45, 2.75) is 57.3 Å². The zero-order chi connectivity index (χ0) is 17.2. The summed E-state index contributed by atoms with van der Waals surface area (Å²) in [7, 11) is 1.85. The van der Waals surface area contributed by atoms with Gasteiger partial charge in [0, 0.05) is 19.6 Å². The molecule has 1 aliphatic carbocycles. The quantitative estimate of drug-likeness (QED) is 0.898. The molecule has 7 heteroatoms. The van der Waals surface area contributed by atoms with E-state index in [-0.39, 0.29) is 12.0 Å². The van der Waals surface area contributed by atoms with Crippen LogP contribution in [0.2, 0.25) is 0 Å². The number of aromatic nitrogens is 4. The molecule has 2 fully saturated rings. The minimum absolute atomic E-state index is 0.158. The Morgan fingerprint density at radius 3 is 2.84 bits per heavy atom. The maximum Gasteiger partial charge on any atom is 0.158 e. The van der Waals surface area contributed by atoms with Crippen LogP contribution in [0.25, 0.3) is 11.4 Å². The van der Waals surface area contributed by atoms with Crippen molar-refractivity contribution in [3.05, 3.63) is 23.5 Å². The van der Waals surface area contributed by atoms with Gasteiger partial charge in [0.25, 0.3) is 0 Å². The third-order valence-electron chi connectivity index (χ3n) is 5.12. The van der Waals surface area contributed by atoms with Gasteiger partial charge in [0.05, 0.1) is 23.7 Å². The minimum Gasteiger partial charge on any atom is -0.506 e. The summed E-state index contributed by atoms with van der Waals surface area (Å²) in [5, 5.41) is 18.5. The molecule has 2 aromatic heterocycles. The maximum atomic E-state index is 10.1.